The Bertz CT molecular complexity index is 266. The van der Waals surface area contributed by atoms with Crippen molar-refractivity contribution in [2.45, 2.75) is 71.9 Å². The molecule has 0 radical (unpaired) electrons. The number of carbonyl (C=O) groups is 1. The summed E-state index contributed by atoms with van der Waals surface area (Å²) in [7, 11) is 0. The van der Waals surface area contributed by atoms with E-state index in [9.17, 15) is 4.79 Å². The predicted molar refractivity (Wildman–Crippen MR) is 71.9 cm³/mol. The molecule has 0 aromatic rings. The lowest BCUT2D eigenvalue weighted by Crippen LogP contribution is -2.51. The van der Waals surface area contributed by atoms with E-state index in [2.05, 4.69) is 45.3 Å². The molecule has 100 valence electrons. The highest BCUT2D eigenvalue weighted by molar-refractivity contribution is 5.78. The van der Waals surface area contributed by atoms with Gasteiger partial charge in [0.2, 0.25) is 5.91 Å². The lowest BCUT2D eigenvalue weighted by atomic mass is 9.73. The smallest absolute Gasteiger partial charge is 0.234 e. The van der Waals surface area contributed by atoms with Crippen molar-refractivity contribution >= 4 is 5.91 Å². The fourth-order valence-electron chi connectivity index (χ4n) is 2.35. The first-order chi connectivity index (χ1) is 7.71. The Balaban J connectivity index is 2.40. The third kappa shape index (κ3) is 5.07. The Hall–Kier alpha value is -0.570. The van der Waals surface area contributed by atoms with Crippen LogP contribution in [0.4, 0.5) is 0 Å². The molecule has 1 amide bonds. The summed E-state index contributed by atoms with van der Waals surface area (Å²) in [5.74, 6) is 0.125. The van der Waals surface area contributed by atoms with Crippen molar-refractivity contribution in [1.82, 2.24) is 10.6 Å². The lowest BCUT2D eigenvalue weighted by Gasteiger charge is -2.39. The molecule has 0 aromatic carbocycles. The van der Waals surface area contributed by atoms with Gasteiger partial charge in [0.05, 0.1) is 6.54 Å². The molecule has 3 heteroatoms. The molecule has 1 fully saturated rings. The van der Waals surface area contributed by atoms with Crippen molar-refractivity contribution in [2.24, 2.45) is 5.41 Å². The van der Waals surface area contributed by atoms with Crippen LogP contribution < -0.4 is 10.6 Å². The van der Waals surface area contributed by atoms with Gasteiger partial charge in [-0.2, -0.15) is 0 Å². The Morgan fingerprint density at radius 3 is 2.47 bits per heavy atom. The van der Waals surface area contributed by atoms with Crippen LogP contribution in [0.1, 0.15) is 60.3 Å². The second-order valence-electron chi connectivity index (χ2n) is 6.96. The van der Waals surface area contributed by atoms with E-state index in [0.29, 0.717) is 12.6 Å². The molecule has 1 aliphatic carbocycles. The van der Waals surface area contributed by atoms with Crippen LogP contribution >= 0.6 is 0 Å². The molecule has 3 nitrogen and oxygen atoms in total. The maximum absolute atomic E-state index is 11.9. The van der Waals surface area contributed by atoms with Gasteiger partial charge in [0.15, 0.2) is 0 Å². The molecular formula is C14H28N2O. The van der Waals surface area contributed by atoms with Gasteiger partial charge in [0, 0.05) is 11.6 Å². The monoisotopic (exact) mass is 240 g/mol. The highest BCUT2D eigenvalue weighted by Crippen LogP contribution is 2.35. The second kappa shape index (κ2) is 5.38. The number of rotatable bonds is 3. The second-order valence-corrected chi connectivity index (χ2v) is 6.96. The predicted octanol–water partition coefficient (Wildman–Crippen LogP) is 2.46. The molecule has 0 saturated heterocycles. The van der Waals surface area contributed by atoms with E-state index >= 15 is 0 Å². The summed E-state index contributed by atoms with van der Waals surface area (Å²) in [6.07, 6.45) is 4.86. The maximum atomic E-state index is 11.9. The van der Waals surface area contributed by atoms with Gasteiger partial charge in [-0.3, -0.25) is 4.79 Å². The molecule has 1 unspecified atom stereocenters. The molecule has 0 heterocycles. The number of amides is 1. The van der Waals surface area contributed by atoms with Gasteiger partial charge in [-0.05, 0) is 39.0 Å². The number of nitrogens with one attached hydrogen (secondary N) is 2. The minimum absolute atomic E-state index is 0.000573. The Morgan fingerprint density at radius 1 is 1.29 bits per heavy atom. The van der Waals surface area contributed by atoms with Crippen molar-refractivity contribution in [2.75, 3.05) is 6.54 Å². The van der Waals surface area contributed by atoms with Crippen LogP contribution in [0.5, 0.6) is 0 Å². The van der Waals surface area contributed by atoms with Crippen LogP contribution in [0.25, 0.3) is 0 Å². The van der Waals surface area contributed by atoms with E-state index < -0.39 is 0 Å². The minimum atomic E-state index is -0.000573. The highest BCUT2D eigenvalue weighted by atomic mass is 16.2. The zero-order chi connectivity index (χ0) is 13.1. The van der Waals surface area contributed by atoms with Crippen molar-refractivity contribution in [3.8, 4) is 0 Å². The summed E-state index contributed by atoms with van der Waals surface area (Å²) in [5.41, 5.74) is 0.245. The summed E-state index contributed by atoms with van der Waals surface area (Å²) in [4.78, 5) is 11.9. The quantitative estimate of drug-likeness (QED) is 0.795. The van der Waals surface area contributed by atoms with E-state index in [1.165, 1.54) is 19.3 Å². The van der Waals surface area contributed by atoms with E-state index in [-0.39, 0.29) is 16.9 Å². The standard InChI is InChI=1S/C14H28N2O/c1-13(2,3)15-10-12(17)16-11-8-6-7-9-14(11,4)5/h11,15H,6-10H2,1-5H3,(H,16,17). The van der Waals surface area contributed by atoms with Gasteiger partial charge in [-0.15, -0.1) is 0 Å². The number of hydrogen-bond acceptors (Lipinski definition) is 2. The lowest BCUT2D eigenvalue weighted by molar-refractivity contribution is -0.122. The zero-order valence-corrected chi connectivity index (χ0v) is 12.0. The Kier molecular flexibility index (Phi) is 4.59. The molecular weight excluding hydrogens is 212 g/mol. The molecule has 17 heavy (non-hydrogen) atoms. The normalized spacial score (nSPS) is 24.4. The summed E-state index contributed by atoms with van der Waals surface area (Å²) in [6.45, 7) is 11.2. The summed E-state index contributed by atoms with van der Waals surface area (Å²) in [5, 5.41) is 6.41. The van der Waals surface area contributed by atoms with E-state index in [0.717, 1.165) is 6.42 Å². The first-order valence-corrected chi connectivity index (χ1v) is 6.75. The van der Waals surface area contributed by atoms with Crippen molar-refractivity contribution < 1.29 is 4.79 Å². The SMILES string of the molecule is CC(C)(C)NCC(=O)NC1CCCCC1(C)C. The van der Waals surface area contributed by atoms with Gasteiger partial charge < -0.3 is 10.6 Å². The molecule has 1 aliphatic rings. The molecule has 0 bridgehead atoms. The maximum Gasteiger partial charge on any atom is 0.234 e. The first-order valence-electron chi connectivity index (χ1n) is 6.75. The average molecular weight is 240 g/mol. The third-order valence-electron chi connectivity index (χ3n) is 3.62. The zero-order valence-electron chi connectivity index (χ0n) is 12.0. The van der Waals surface area contributed by atoms with Crippen LogP contribution in [0.3, 0.4) is 0 Å². The van der Waals surface area contributed by atoms with Crippen LogP contribution in [-0.4, -0.2) is 24.0 Å². The Labute approximate surface area is 106 Å². The van der Waals surface area contributed by atoms with Gasteiger partial charge in [0.1, 0.15) is 0 Å². The summed E-state index contributed by atoms with van der Waals surface area (Å²) >= 11 is 0. The first kappa shape index (κ1) is 14.5. The van der Waals surface area contributed by atoms with Gasteiger partial charge >= 0.3 is 0 Å². The molecule has 0 spiro atoms. The van der Waals surface area contributed by atoms with Gasteiger partial charge in [-0.25, -0.2) is 0 Å². The van der Waals surface area contributed by atoms with Crippen molar-refractivity contribution in [1.29, 1.82) is 0 Å². The molecule has 0 aliphatic heterocycles. The highest BCUT2D eigenvalue weighted by Gasteiger charge is 2.33. The van der Waals surface area contributed by atoms with Gasteiger partial charge in [0.25, 0.3) is 0 Å². The minimum Gasteiger partial charge on any atom is -0.352 e. The van der Waals surface area contributed by atoms with E-state index in [1.807, 2.05) is 0 Å². The van der Waals surface area contributed by atoms with Crippen molar-refractivity contribution in [3.05, 3.63) is 0 Å². The molecule has 1 saturated carbocycles. The van der Waals surface area contributed by atoms with Crippen LogP contribution in [0.15, 0.2) is 0 Å². The number of carbonyl (C=O) groups excluding carboxylic acids is 1. The summed E-state index contributed by atoms with van der Waals surface area (Å²) in [6, 6.07) is 0.338. The van der Waals surface area contributed by atoms with E-state index in [1.54, 1.807) is 0 Å². The molecule has 1 atom stereocenters. The topological polar surface area (TPSA) is 41.1 Å². The third-order valence-corrected chi connectivity index (χ3v) is 3.62. The van der Waals surface area contributed by atoms with Crippen molar-refractivity contribution in [3.63, 3.8) is 0 Å². The van der Waals surface area contributed by atoms with E-state index in [4.69, 9.17) is 0 Å². The molecule has 2 N–H and O–H groups in total. The number of hydrogen-bond donors (Lipinski definition) is 2. The molecule has 1 rings (SSSR count). The van der Waals surface area contributed by atoms with Crippen LogP contribution in [0, 0.1) is 5.41 Å². The fraction of sp³-hybridized carbons (Fsp3) is 0.929. The van der Waals surface area contributed by atoms with Crippen LogP contribution in [0.2, 0.25) is 0 Å². The molecule has 0 aromatic heterocycles. The fourth-order valence-corrected chi connectivity index (χ4v) is 2.35. The van der Waals surface area contributed by atoms with Crippen LogP contribution in [-0.2, 0) is 4.79 Å². The average Bonchev–Trinajstić information content (AvgIpc) is 2.17. The Morgan fingerprint density at radius 2 is 1.94 bits per heavy atom. The largest absolute Gasteiger partial charge is 0.352 e. The summed E-state index contributed by atoms with van der Waals surface area (Å²) < 4.78 is 0. The van der Waals surface area contributed by atoms with Gasteiger partial charge in [-0.1, -0.05) is 26.7 Å².